The van der Waals surface area contributed by atoms with E-state index in [4.69, 9.17) is 5.11 Å². The molecule has 1 saturated heterocycles. The third-order valence-electron chi connectivity index (χ3n) is 2.03. The van der Waals surface area contributed by atoms with Crippen LogP contribution >= 0.6 is 0 Å². The topological polar surface area (TPSA) is 66.4 Å². The molecule has 0 radical (unpaired) electrons. The zero-order valence-electron chi connectivity index (χ0n) is 6.33. The highest BCUT2D eigenvalue weighted by Crippen LogP contribution is 2.19. The molecular formula is C7H11NO3. The Morgan fingerprint density at radius 3 is 2.82 bits per heavy atom. The predicted octanol–water partition coefficient (Wildman–Crippen LogP) is -0.0143. The first-order valence-corrected chi connectivity index (χ1v) is 3.67. The highest BCUT2D eigenvalue weighted by molar-refractivity contribution is 5.87. The molecule has 1 fully saturated rings. The number of nitrogens with one attached hydrogen (secondary N) is 1. The minimum atomic E-state index is -0.928. The summed E-state index contributed by atoms with van der Waals surface area (Å²) in [6.07, 6.45) is 1.09. The van der Waals surface area contributed by atoms with Gasteiger partial charge in [0, 0.05) is 6.42 Å². The maximum Gasteiger partial charge on any atom is 0.326 e. The Bertz CT molecular complexity index is 190. The molecule has 0 aliphatic carbocycles. The van der Waals surface area contributed by atoms with Crippen LogP contribution in [0.5, 0.6) is 0 Å². The number of carbonyl (C=O) groups is 2. The Morgan fingerprint density at radius 2 is 2.45 bits per heavy atom. The van der Waals surface area contributed by atoms with E-state index in [2.05, 4.69) is 5.32 Å². The van der Waals surface area contributed by atoms with Crippen molar-refractivity contribution in [1.82, 2.24) is 5.32 Å². The van der Waals surface area contributed by atoms with Crippen LogP contribution in [0.1, 0.15) is 19.8 Å². The molecule has 1 rings (SSSR count). The molecule has 0 bridgehead atoms. The lowest BCUT2D eigenvalue weighted by atomic mass is 9.98. The molecule has 11 heavy (non-hydrogen) atoms. The van der Waals surface area contributed by atoms with Crippen molar-refractivity contribution in [1.29, 1.82) is 0 Å². The Kier molecular flexibility index (Phi) is 2.12. The lowest BCUT2D eigenvalue weighted by molar-refractivity contribution is -0.140. The minimum absolute atomic E-state index is 0.0278. The molecule has 0 aromatic carbocycles. The second kappa shape index (κ2) is 2.90. The van der Waals surface area contributed by atoms with Gasteiger partial charge in [-0.1, -0.05) is 13.3 Å². The molecule has 0 aromatic rings. The molecule has 1 unspecified atom stereocenters. The highest BCUT2D eigenvalue weighted by atomic mass is 16.4. The van der Waals surface area contributed by atoms with Crippen molar-refractivity contribution in [3.8, 4) is 0 Å². The first-order valence-electron chi connectivity index (χ1n) is 3.67. The molecule has 1 aliphatic rings. The zero-order valence-corrected chi connectivity index (χ0v) is 6.33. The van der Waals surface area contributed by atoms with Gasteiger partial charge in [-0.05, 0) is 5.92 Å². The molecule has 4 nitrogen and oxygen atoms in total. The summed E-state index contributed by atoms with van der Waals surface area (Å²) in [7, 11) is 0. The number of aliphatic carboxylic acids is 1. The van der Waals surface area contributed by atoms with Gasteiger partial charge >= 0.3 is 5.97 Å². The monoisotopic (exact) mass is 157 g/mol. The smallest absolute Gasteiger partial charge is 0.326 e. The molecule has 2 atom stereocenters. The summed E-state index contributed by atoms with van der Waals surface area (Å²) < 4.78 is 0. The third kappa shape index (κ3) is 1.50. The Balaban J connectivity index is 2.64. The predicted molar refractivity (Wildman–Crippen MR) is 38.0 cm³/mol. The Labute approximate surface area is 64.6 Å². The van der Waals surface area contributed by atoms with Crippen molar-refractivity contribution >= 4 is 11.9 Å². The molecule has 62 valence electrons. The van der Waals surface area contributed by atoms with Gasteiger partial charge in [0.2, 0.25) is 5.91 Å². The molecule has 0 spiro atoms. The van der Waals surface area contributed by atoms with Gasteiger partial charge in [-0.25, -0.2) is 4.79 Å². The molecule has 1 heterocycles. The molecular weight excluding hydrogens is 146 g/mol. The largest absolute Gasteiger partial charge is 0.480 e. The SMILES string of the molecule is CCC1CC(=O)N[C@@H]1C(=O)O. The van der Waals surface area contributed by atoms with Crippen LogP contribution in [0.2, 0.25) is 0 Å². The number of hydrogen-bond acceptors (Lipinski definition) is 2. The van der Waals surface area contributed by atoms with Crippen molar-refractivity contribution in [2.24, 2.45) is 5.92 Å². The summed E-state index contributed by atoms with van der Waals surface area (Å²) in [5.41, 5.74) is 0. The van der Waals surface area contributed by atoms with Gasteiger partial charge in [-0.3, -0.25) is 4.79 Å². The summed E-state index contributed by atoms with van der Waals surface area (Å²) in [5.74, 6) is -1.10. The van der Waals surface area contributed by atoms with E-state index in [1.54, 1.807) is 0 Å². The zero-order chi connectivity index (χ0) is 8.43. The van der Waals surface area contributed by atoms with Gasteiger partial charge < -0.3 is 10.4 Å². The van der Waals surface area contributed by atoms with Crippen molar-refractivity contribution in [2.45, 2.75) is 25.8 Å². The standard InChI is InChI=1S/C7H11NO3/c1-2-4-3-5(9)8-6(4)7(10)11/h4,6H,2-3H2,1H3,(H,8,9)(H,10,11)/t4?,6-/m0/s1. The summed E-state index contributed by atoms with van der Waals surface area (Å²) >= 11 is 0. The van der Waals surface area contributed by atoms with Crippen LogP contribution < -0.4 is 5.32 Å². The quantitative estimate of drug-likeness (QED) is 0.592. The van der Waals surface area contributed by atoms with Gasteiger partial charge in [0.25, 0.3) is 0 Å². The molecule has 4 heteroatoms. The number of carbonyl (C=O) groups excluding carboxylic acids is 1. The van der Waals surface area contributed by atoms with E-state index in [1.807, 2.05) is 6.92 Å². The van der Waals surface area contributed by atoms with E-state index in [0.717, 1.165) is 6.42 Å². The van der Waals surface area contributed by atoms with Crippen LogP contribution in [0.3, 0.4) is 0 Å². The Morgan fingerprint density at radius 1 is 1.82 bits per heavy atom. The fourth-order valence-electron chi connectivity index (χ4n) is 1.35. The summed E-state index contributed by atoms with van der Waals surface area (Å²) in [6.45, 7) is 1.89. The van der Waals surface area contributed by atoms with Crippen LogP contribution in [-0.4, -0.2) is 23.0 Å². The average Bonchev–Trinajstić information content (AvgIpc) is 2.30. The first-order chi connectivity index (χ1) is 5.15. The van der Waals surface area contributed by atoms with Crippen molar-refractivity contribution < 1.29 is 14.7 Å². The number of rotatable bonds is 2. The van der Waals surface area contributed by atoms with Crippen LogP contribution in [0.15, 0.2) is 0 Å². The number of carboxylic acid groups (broad SMARTS) is 1. The maximum atomic E-state index is 10.8. The second-order valence-electron chi connectivity index (χ2n) is 2.76. The van der Waals surface area contributed by atoms with Crippen LogP contribution in [0.4, 0.5) is 0 Å². The molecule has 0 saturated carbocycles. The van der Waals surface area contributed by atoms with E-state index in [0.29, 0.717) is 6.42 Å². The number of amides is 1. The van der Waals surface area contributed by atoms with Gasteiger partial charge in [0.05, 0.1) is 0 Å². The minimum Gasteiger partial charge on any atom is -0.480 e. The van der Waals surface area contributed by atoms with Crippen LogP contribution in [0.25, 0.3) is 0 Å². The van der Waals surface area contributed by atoms with Gasteiger partial charge in [0.1, 0.15) is 6.04 Å². The molecule has 2 N–H and O–H groups in total. The highest BCUT2D eigenvalue weighted by Gasteiger charge is 2.35. The maximum absolute atomic E-state index is 10.8. The Hall–Kier alpha value is -1.06. The summed E-state index contributed by atoms with van der Waals surface area (Å²) in [6, 6.07) is -0.660. The summed E-state index contributed by atoms with van der Waals surface area (Å²) in [5, 5.41) is 11.0. The van der Waals surface area contributed by atoms with E-state index in [9.17, 15) is 9.59 Å². The lowest BCUT2D eigenvalue weighted by Gasteiger charge is -2.10. The van der Waals surface area contributed by atoms with E-state index >= 15 is 0 Å². The van der Waals surface area contributed by atoms with Crippen LogP contribution in [-0.2, 0) is 9.59 Å². The molecule has 1 aliphatic heterocycles. The van der Waals surface area contributed by atoms with Crippen molar-refractivity contribution in [3.05, 3.63) is 0 Å². The average molecular weight is 157 g/mol. The van der Waals surface area contributed by atoms with E-state index in [-0.39, 0.29) is 11.8 Å². The van der Waals surface area contributed by atoms with Gasteiger partial charge in [0.15, 0.2) is 0 Å². The fourth-order valence-corrected chi connectivity index (χ4v) is 1.35. The van der Waals surface area contributed by atoms with Gasteiger partial charge in [-0.15, -0.1) is 0 Å². The number of hydrogen-bond donors (Lipinski definition) is 2. The third-order valence-corrected chi connectivity index (χ3v) is 2.03. The first kappa shape index (κ1) is 8.04. The van der Waals surface area contributed by atoms with Crippen LogP contribution in [0, 0.1) is 5.92 Å². The normalized spacial score (nSPS) is 30.1. The van der Waals surface area contributed by atoms with E-state index < -0.39 is 12.0 Å². The lowest BCUT2D eigenvalue weighted by Crippen LogP contribution is -2.36. The van der Waals surface area contributed by atoms with E-state index in [1.165, 1.54) is 0 Å². The van der Waals surface area contributed by atoms with Gasteiger partial charge in [-0.2, -0.15) is 0 Å². The summed E-state index contributed by atoms with van der Waals surface area (Å²) in [4.78, 5) is 21.3. The molecule has 1 amide bonds. The molecule has 0 aromatic heterocycles. The second-order valence-corrected chi connectivity index (χ2v) is 2.76. The fraction of sp³-hybridized carbons (Fsp3) is 0.714. The van der Waals surface area contributed by atoms with Crippen molar-refractivity contribution in [2.75, 3.05) is 0 Å². The van der Waals surface area contributed by atoms with Crippen molar-refractivity contribution in [3.63, 3.8) is 0 Å². The number of carboxylic acids is 1.